The lowest BCUT2D eigenvalue weighted by Crippen LogP contribution is -2.47. The van der Waals surface area contributed by atoms with Crippen LogP contribution in [0.4, 0.5) is 0 Å². The molecule has 1 saturated heterocycles. The summed E-state index contributed by atoms with van der Waals surface area (Å²) in [5.41, 5.74) is 0. The molecule has 0 aromatic heterocycles. The lowest BCUT2D eigenvalue weighted by atomic mass is 10.1. The van der Waals surface area contributed by atoms with Crippen LogP contribution < -0.4 is 5.32 Å². The Bertz CT molecular complexity index is 798. The smallest absolute Gasteiger partial charge is 0.183 e. The molecule has 140 valence electrons. The van der Waals surface area contributed by atoms with Crippen LogP contribution >= 0.6 is 11.6 Å². The average Bonchev–Trinajstić information content (AvgIpc) is 2.72. The van der Waals surface area contributed by atoms with Crippen molar-refractivity contribution in [1.29, 1.82) is 0 Å². The van der Waals surface area contributed by atoms with Crippen LogP contribution in [0, 0.1) is 0 Å². The van der Waals surface area contributed by atoms with E-state index >= 15 is 0 Å². The van der Waals surface area contributed by atoms with Crippen molar-refractivity contribution in [1.82, 2.24) is 5.32 Å². The largest absolute Gasteiger partial charge is 0.309 e. The minimum Gasteiger partial charge on any atom is -0.309 e. The van der Waals surface area contributed by atoms with Crippen molar-refractivity contribution in [2.45, 2.75) is 60.8 Å². The molecule has 0 amide bonds. The highest BCUT2D eigenvalue weighted by Gasteiger charge is 2.46. The van der Waals surface area contributed by atoms with E-state index in [9.17, 15) is 16.8 Å². The highest BCUT2D eigenvalue weighted by Crippen LogP contribution is 2.28. The molecular formula is C17H24ClNO4S2. The zero-order valence-corrected chi connectivity index (χ0v) is 16.4. The molecule has 1 saturated carbocycles. The molecule has 2 unspecified atom stereocenters. The summed E-state index contributed by atoms with van der Waals surface area (Å²) in [5.74, 6) is -0.427. The van der Waals surface area contributed by atoms with Crippen molar-refractivity contribution in [2.24, 2.45) is 0 Å². The monoisotopic (exact) mass is 405 g/mol. The number of halogens is 1. The van der Waals surface area contributed by atoms with Crippen LogP contribution in [0.2, 0.25) is 5.02 Å². The van der Waals surface area contributed by atoms with Crippen LogP contribution in [0.15, 0.2) is 29.2 Å². The van der Waals surface area contributed by atoms with E-state index in [2.05, 4.69) is 5.32 Å². The molecule has 1 aromatic rings. The van der Waals surface area contributed by atoms with Crippen molar-refractivity contribution in [3.63, 3.8) is 0 Å². The van der Waals surface area contributed by atoms with Crippen molar-refractivity contribution >= 4 is 31.3 Å². The molecule has 2 atom stereocenters. The highest BCUT2D eigenvalue weighted by molar-refractivity contribution is 7.96. The van der Waals surface area contributed by atoms with Gasteiger partial charge in [-0.2, -0.15) is 0 Å². The first-order chi connectivity index (χ1) is 11.8. The number of sulfone groups is 2. The predicted molar refractivity (Wildman–Crippen MR) is 99.5 cm³/mol. The summed E-state index contributed by atoms with van der Waals surface area (Å²) >= 11 is 5.84. The highest BCUT2D eigenvalue weighted by atomic mass is 35.5. The molecule has 0 spiro atoms. The molecule has 2 fully saturated rings. The van der Waals surface area contributed by atoms with Crippen molar-refractivity contribution in [3.8, 4) is 0 Å². The Hall–Kier alpha value is -0.630. The molecule has 1 aromatic carbocycles. The summed E-state index contributed by atoms with van der Waals surface area (Å²) in [4.78, 5) is 0.131. The van der Waals surface area contributed by atoms with E-state index in [4.69, 9.17) is 11.6 Å². The fourth-order valence-electron chi connectivity index (χ4n) is 3.82. The topological polar surface area (TPSA) is 80.3 Å². The normalized spacial score (nSPS) is 27.9. The second kappa shape index (κ2) is 7.55. The Labute approximate surface area is 155 Å². The zero-order chi connectivity index (χ0) is 18.1. The summed E-state index contributed by atoms with van der Waals surface area (Å²) in [7, 11) is -7.11. The van der Waals surface area contributed by atoms with E-state index in [0.29, 0.717) is 5.02 Å². The van der Waals surface area contributed by atoms with Gasteiger partial charge in [0, 0.05) is 17.1 Å². The molecule has 1 N–H and O–H groups in total. The fraction of sp³-hybridized carbons (Fsp3) is 0.647. The first-order valence-electron chi connectivity index (χ1n) is 8.74. The van der Waals surface area contributed by atoms with Gasteiger partial charge in [-0.3, -0.25) is 0 Å². The second-order valence-corrected chi connectivity index (χ2v) is 11.8. The molecule has 3 rings (SSSR count). The van der Waals surface area contributed by atoms with Gasteiger partial charge in [0.1, 0.15) is 0 Å². The van der Waals surface area contributed by atoms with E-state index in [0.717, 1.165) is 25.7 Å². The van der Waals surface area contributed by atoms with Crippen LogP contribution in [0.5, 0.6) is 0 Å². The van der Waals surface area contributed by atoms with Crippen molar-refractivity contribution < 1.29 is 16.8 Å². The van der Waals surface area contributed by atoms with Crippen LogP contribution in [-0.2, 0) is 19.7 Å². The predicted octanol–water partition coefficient (Wildman–Crippen LogP) is 2.59. The van der Waals surface area contributed by atoms with Crippen LogP contribution in [0.3, 0.4) is 0 Å². The maximum Gasteiger partial charge on any atom is 0.183 e. The molecule has 1 heterocycles. The van der Waals surface area contributed by atoms with Crippen LogP contribution in [0.1, 0.15) is 38.5 Å². The second-order valence-electron chi connectivity index (χ2n) is 7.08. The number of hydrogen-bond donors (Lipinski definition) is 1. The minimum atomic E-state index is -3.74. The fourth-order valence-corrected chi connectivity index (χ4v) is 8.63. The first kappa shape index (κ1) is 19.1. The van der Waals surface area contributed by atoms with Gasteiger partial charge in [0.2, 0.25) is 0 Å². The summed E-state index contributed by atoms with van der Waals surface area (Å²) in [6.45, 7) is 0. The molecule has 1 aliphatic carbocycles. The van der Waals surface area contributed by atoms with Gasteiger partial charge in [-0.25, -0.2) is 16.8 Å². The summed E-state index contributed by atoms with van der Waals surface area (Å²) in [6, 6.07) is 5.59. The number of nitrogens with one attached hydrogen (secondary N) is 1. The van der Waals surface area contributed by atoms with Crippen molar-refractivity contribution in [2.75, 3.05) is 11.5 Å². The Morgan fingerprint density at radius 2 is 1.56 bits per heavy atom. The quantitative estimate of drug-likeness (QED) is 0.778. The molecule has 25 heavy (non-hydrogen) atoms. The van der Waals surface area contributed by atoms with E-state index < -0.39 is 31.0 Å². The van der Waals surface area contributed by atoms with Crippen LogP contribution in [-0.4, -0.2) is 45.7 Å². The summed E-state index contributed by atoms with van der Waals surface area (Å²) in [5, 5.41) is 2.87. The Morgan fingerprint density at radius 1 is 0.960 bits per heavy atom. The van der Waals surface area contributed by atoms with E-state index in [1.165, 1.54) is 37.1 Å². The van der Waals surface area contributed by atoms with Gasteiger partial charge in [-0.15, -0.1) is 0 Å². The summed E-state index contributed by atoms with van der Waals surface area (Å²) < 4.78 is 50.3. The maximum absolute atomic E-state index is 13.0. The number of benzene rings is 1. The number of rotatable bonds is 4. The number of hydrogen-bond acceptors (Lipinski definition) is 5. The summed E-state index contributed by atoms with van der Waals surface area (Å²) in [6.07, 6.45) is 6.54. The van der Waals surface area contributed by atoms with Gasteiger partial charge in [-0.05, 0) is 37.1 Å². The van der Waals surface area contributed by atoms with E-state index in [1.807, 2.05) is 0 Å². The van der Waals surface area contributed by atoms with E-state index in [-0.39, 0.29) is 22.4 Å². The third kappa shape index (κ3) is 4.56. The first-order valence-corrected chi connectivity index (χ1v) is 12.5. The molecular weight excluding hydrogens is 382 g/mol. The van der Waals surface area contributed by atoms with Gasteiger partial charge in [0.25, 0.3) is 0 Å². The molecule has 8 heteroatoms. The third-order valence-corrected chi connectivity index (χ3v) is 9.56. The third-order valence-electron chi connectivity index (χ3n) is 5.15. The molecule has 5 nitrogen and oxygen atoms in total. The molecule has 0 radical (unpaired) electrons. The Balaban J connectivity index is 1.84. The van der Waals surface area contributed by atoms with Crippen LogP contribution in [0.25, 0.3) is 0 Å². The van der Waals surface area contributed by atoms with Gasteiger partial charge >= 0.3 is 0 Å². The van der Waals surface area contributed by atoms with E-state index in [1.54, 1.807) is 0 Å². The van der Waals surface area contributed by atoms with Gasteiger partial charge < -0.3 is 5.32 Å². The lowest BCUT2D eigenvalue weighted by molar-refractivity contribution is 0.408. The Kier molecular flexibility index (Phi) is 5.78. The zero-order valence-electron chi connectivity index (χ0n) is 14.0. The SMILES string of the molecule is O=S1(=O)CC(NC2CCCCCC2)C(S(=O)(=O)c2ccc(Cl)cc2)C1. The van der Waals surface area contributed by atoms with Gasteiger partial charge in [-0.1, -0.05) is 37.3 Å². The Morgan fingerprint density at radius 3 is 2.16 bits per heavy atom. The molecule has 0 bridgehead atoms. The average molecular weight is 406 g/mol. The maximum atomic E-state index is 13.0. The van der Waals surface area contributed by atoms with Gasteiger partial charge in [0.05, 0.1) is 21.7 Å². The van der Waals surface area contributed by atoms with Gasteiger partial charge in [0.15, 0.2) is 19.7 Å². The molecule has 2 aliphatic rings. The standard InChI is InChI=1S/C17H24ClNO4S2/c18-13-7-9-15(10-8-13)25(22,23)17-12-24(20,21)11-16(17)19-14-5-3-1-2-4-6-14/h7-10,14,16-17,19H,1-6,11-12H2. The van der Waals surface area contributed by atoms with Crippen molar-refractivity contribution in [3.05, 3.63) is 29.3 Å². The molecule has 1 aliphatic heterocycles. The lowest BCUT2D eigenvalue weighted by Gasteiger charge is -2.25. The minimum absolute atomic E-state index is 0.110.